The normalized spacial score (nSPS) is 31.7. The van der Waals surface area contributed by atoms with Crippen LogP contribution in [0.2, 0.25) is 0 Å². The first-order valence-electron chi connectivity index (χ1n) is 8.54. The molecule has 2 aliphatic carbocycles. The first-order valence-corrected chi connectivity index (χ1v) is 8.54. The fraction of sp³-hybridized carbons (Fsp3) is 1.00. The van der Waals surface area contributed by atoms with Crippen LogP contribution in [0.1, 0.15) is 71.6 Å². The summed E-state index contributed by atoms with van der Waals surface area (Å²) in [7, 11) is 1.93. The molecule has 2 heteroatoms. The number of ether oxygens (including phenoxy) is 1. The smallest absolute Gasteiger partial charge is 0.0833 e. The van der Waals surface area contributed by atoms with E-state index in [9.17, 15) is 0 Å². The van der Waals surface area contributed by atoms with Crippen LogP contribution in [0.4, 0.5) is 0 Å². The van der Waals surface area contributed by atoms with Gasteiger partial charge in [-0.1, -0.05) is 33.1 Å². The monoisotopic (exact) mass is 267 g/mol. The van der Waals surface area contributed by atoms with E-state index in [1.807, 2.05) is 7.11 Å². The van der Waals surface area contributed by atoms with Crippen molar-refractivity contribution < 1.29 is 4.74 Å². The Morgan fingerprint density at radius 1 is 1.16 bits per heavy atom. The van der Waals surface area contributed by atoms with E-state index in [1.165, 1.54) is 57.8 Å². The van der Waals surface area contributed by atoms with Gasteiger partial charge in [0.05, 0.1) is 5.60 Å². The Balaban J connectivity index is 1.97. The van der Waals surface area contributed by atoms with Gasteiger partial charge in [0.15, 0.2) is 0 Å². The fourth-order valence-electron chi connectivity index (χ4n) is 4.18. The molecule has 1 N–H and O–H groups in total. The maximum absolute atomic E-state index is 5.98. The number of hydrogen-bond donors (Lipinski definition) is 1. The minimum absolute atomic E-state index is 0.166. The molecule has 2 aliphatic rings. The van der Waals surface area contributed by atoms with E-state index >= 15 is 0 Å². The van der Waals surface area contributed by atoms with E-state index in [0.717, 1.165) is 18.4 Å². The molecule has 0 aromatic rings. The first kappa shape index (κ1) is 15.3. The van der Waals surface area contributed by atoms with Crippen LogP contribution in [0.25, 0.3) is 0 Å². The molecule has 2 fully saturated rings. The second-order valence-corrected chi connectivity index (χ2v) is 6.74. The van der Waals surface area contributed by atoms with Gasteiger partial charge in [-0.2, -0.15) is 0 Å². The predicted octanol–water partition coefficient (Wildman–Crippen LogP) is 4.14. The average Bonchev–Trinajstić information content (AvgIpc) is 2.42. The van der Waals surface area contributed by atoms with E-state index in [1.54, 1.807) is 0 Å². The van der Waals surface area contributed by atoms with Gasteiger partial charge in [0.2, 0.25) is 0 Å². The third-order valence-electron chi connectivity index (χ3n) is 5.73. The Morgan fingerprint density at radius 2 is 1.84 bits per heavy atom. The zero-order chi connectivity index (χ0) is 13.7. The average molecular weight is 267 g/mol. The summed E-state index contributed by atoms with van der Waals surface area (Å²) in [5.41, 5.74) is 0.166. The lowest BCUT2D eigenvalue weighted by molar-refractivity contribution is -0.115. The topological polar surface area (TPSA) is 21.3 Å². The van der Waals surface area contributed by atoms with Crippen molar-refractivity contribution in [2.75, 3.05) is 13.7 Å². The van der Waals surface area contributed by atoms with Crippen molar-refractivity contribution in [3.05, 3.63) is 0 Å². The third kappa shape index (κ3) is 3.33. The molecule has 112 valence electrons. The molecule has 0 aliphatic heterocycles. The summed E-state index contributed by atoms with van der Waals surface area (Å²) in [6.45, 7) is 5.75. The zero-order valence-electron chi connectivity index (χ0n) is 13.2. The van der Waals surface area contributed by atoms with E-state index < -0.39 is 0 Å². The molecule has 2 nitrogen and oxygen atoms in total. The van der Waals surface area contributed by atoms with E-state index in [4.69, 9.17) is 4.74 Å². The Kier molecular flexibility index (Phi) is 5.70. The van der Waals surface area contributed by atoms with Gasteiger partial charge in [-0.15, -0.1) is 0 Å². The molecule has 1 atom stereocenters. The SMILES string of the molecule is CCCNC(C1CCC(CC)CC1)C1(OC)CCC1. The van der Waals surface area contributed by atoms with Crippen molar-refractivity contribution in [1.29, 1.82) is 0 Å². The van der Waals surface area contributed by atoms with Crippen molar-refractivity contribution >= 4 is 0 Å². The van der Waals surface area contributed by atoms with Crippen LogP contribution >= 0.6 is 0 Å². The molecule has 0 amide bonds. The van der Waals surface area contributed by atoms with Crippen molar-refractivity contribution in [2.24, 2.45) is 11.8 Å². The van der Waals surface area contributed by atoms with Crippen LogP contribution in [-0.2, 0) is 4.74 Å². The molecule has 1 unspecified atom stereocenters. The lowest BCUT2D eigenvalue weighted by Crippen LogP contribution is -2.60. The number of nitrogens with one attached hydrogen (secondary N) is 1. The molecular formula is C17H33NO. The summed E-state index contributed by atoms with van der Waals surface area (Å²) in [6.07, 6.45) is 12.2. The zero-order valence-corrected chi connectivity index (χ0v) is 13.2. The van der Waals surface area contributed by atoms with Crippen LogP contribution in [0.5, 0.6) is 0 Å². The predicted molar refractivity (Wildman–Crippen MR) is 81.4 cm³/mol. The van der Waals surface area contributed by atoms with Gasteiger partial charge in [0.25, 0.3) is 0 Å². The van der Waals surface area contributed by atoms with Gasteiger partial charge in [0.1, 0.15) is 0 Å². The largest absolute Gasteiger partial charge is 0.377 e. The lowest BCUT2D eigenvalue weighted by Gasteiger charge is -2.51. The second kappa shape index (κ2) is 7.08. The third-order valence-corrected chi connectivity index (χ3v) is 5.73. The molecule has 0 heterocycles. The van der Waals surface area contributed by atoms with Gasteiger partial charge in [0, 0.05) is 13.2 Å². The number of rotatable bonds is 7. The van der Waals surface area contributed by atoms with Gasteiger partial charge in [-0.25, -0.2) is 0 Å². The maximum atomic E-state index is 5.98. The minimum atomic E-state index is 0.166. The highest BCUT2D eigenvalue weighted by atomic mass is 16.5. The quantitative estimate of drug-likeness (QED) is 0.748. The van der Waals surface area contributed by atoms with Crippen molar-refractivity contribution in [2.45, 2.75) is 83.3 Å². The summed E-state index contributed by atoms with van der Waals surface area (Å²) >= 11 is 0. The number of hydrogen-bond acceptors (Lipinski definition) is 2. The molecule has 0 bridgehead atoms. The molecule has 2 saturated carbocycles. The van der Waals surface area contributed by atoms with E-state index in [0.29, 0.717) is 6.04 Å². The summed E-state index contributed by atoms with van der Waals surface area (Å²) in [5, 5.41) is 3.84. The molecule has 0 spiro atoms. The molecule has 2 rings (SSSR count). The molecule has 0 aromatic heterocycles. The maximum Gasteiger partial charge on any atom is 0.0833 e. The first-order chi connectivity index (χ1) is 9.25. The van der Waals surface area contributed by atoms with Crippen LogP contribution in [-0.4, -0.2) is 25.3 Å². The van der Waals surface area contributed by atoms with Crippen molar-refractivity contribution in [3.63, 3.8) is 0 Å². The van der Waals surface area contributed by atoms with Crippen LogP contribution < -0.4 is 5.32 Å². The number of methoxy groups -OCH3 is 1. The summed E-state index contributed by atoms with van der Waals surface area (Å²) in [6, 6.07) is 0.601. The summed E-state index contributed by atoms with van der Waals surface area (Å²) in [4.78, 5) is 0. The molecule has 0 saturated heterocycles. The Morgan fingerprint density at radius 3 is 2.26 bits per heavy atom. The molecule has 0 radical (unpaired) electrons. The molecular weight excluding hydrogens is 234 g/mol. The summed E-state index contributed by atoms with van der Waals surface area (Å²) in [5.74, 6) is 1.83. The van der Waals surface area contributed by atoms with Gasteiger partial charge in [-0.05, 0) is 56.9 Å². The van der Waals surface area contributed by atoms with Crippen molar-refractivity contribution in [3.8, 4) is 0 Å². The van der Waals surface area contributed by atoms with Gasteiger partial charge >= 0.3 is 0 Å². The van der Waals surface area contributed by atoms with E-state index in [2.05, 4.69) is 19.2 Å². The van der Waals surface area contributed by atoms with Gasteiger partial charge < -0.3 is 10.1 Å². The Bertz CT molecular complexity index is 248. The van der Waals surface area contributed by atoms with Crippen LogP contribution in [0, 0.1) is 11.8 Å². The van der Waals surface area contributed by atoms with Crippen LogP contribution in [0.3, 0.4) is 0 Å². The van der Waals surface area contributed by atoms with Gasteiger partial charge in [-0.3, -0.25) is 0 Å². The highest BCUT2D eigenvalue weighted by Gasteiger charge is 2.47. The second-order valence-electron chi connectivity index (χ2n) is 6.74. The highest BCUT2D eigenvalue weighted by Crippen LogP contribution is 2.44. The van der Waals surface area contributed by atoms with Crippen LogP contribution in [0.15, 0.2) is 0 Å². The van der Waals surface area contributed by atoms with E-state index in [-0.39, 0.29) is 5.60 Å². The Hall–Kier alpha value is -0.0800. The van der Waals surface area contributed by atoms with Crippen molar-refractivity contribution in [1.82, 2.24) is 5.32 Å². The molecule has 19 heavy (non-hydrogen) atoms. The molecule has 0 aromatic carbocycles. The standard InChI is InChI=1S/C17H33NO/c1-4-13-18-16(17(19-3)11-6-12-17)15-9-7-14(5-2)8-10-15/h14-16,18H,4-13H2,1-3H3. The highest BCUT2D eigenvalue weighted by molar-refractivity contribution is 5.03. The summed E-state index contributed by atoms with van der Waals surface area (Å²) < 4.78 is 5.98. The fourth-order valence-corrected chi connectivity index (χ4v) is 4.18. The Labute approximate surface area is 119 Å². The lowest BCUT2D eigenvalue weighted by atomic mass is 9.66. The minimum Gasteiger partial charge on any atom is -0.377 e.